The van der Waals surface area contributed by atoms with E-state index in [0.717, 1.165) is 0 Å². The zero-order chi connectivity index (χ0) is 13.9. The molecule has 0 saturated carbocycles. The Balaban J connectivity index is 2.30. The van der Waals surface area contributed by atoms with Crippen molar-refractivity contribution in [3.8, 4) is 5.75 Å². The molecule has 0 atom stereocenters. The molecule has 2 rings (SSSR count). The molecule has 1 heterocycles. The van der Waals surface area contributed by atoms with E-state index in [2.05, 4.69) is 9.71 Å². The number of anilines is 1. The minimum absolute atomic E-state index is 0.119. The van der Waals surface area contributed by atoms with Crippen LogP contribution in [0.5, 0.6) is 5.75 Å². The molecule has 0 aliphatic rings. The summed E-state index contributed by atoms with van der Waals surface area (Å²) in [6.07, 6.45) is 2.83. The molecule has 0 fully saturated rings. The minimum atomic E-state index is -3.69. The predicted octanol–water partition coefficient (Wildman–Crippen LogP) is 2.54. The molecule has 1 N–H and O–H groups in total. The van der Waals surface area contributed by atoms with Crippen LogP contribution in [0.25, 0.3) is 0 Å². The van der Waals surface area contributed by atoms with Gasteiger partial charge in [-0.25, -0.2) is 8.42 Å². The smallest absolute Gasteiger partial charge is 0.261 e. The number of nitrogens with one attached hydrogen (secondary N) is 1. The number of methoxy groups -OCH3 is 1. The zero-order valence-corrected chi connectivity index (χ0v) is 11.6. The third-order valence-electron chi connectivity index (χ3n) is 2.38. The van der Waals surface area contributed by atoms with Crippen LogP contribution in [0.15, 0.2) is 47.6 Å². The van der Waals surface area contributed by atoms with E-state index in [4.69, 9.17) is 16.3 Å². The average Bonchev–Trinajstić information content (AvgIpc) is 2.41. The Labute approximate surface area is 116 Å². The second kappa shape index (κ2) is 5.46. The first-order valence-electron chi connectivity index (χ1n) is 5.29. The van der Waals surface area contributed by atoms with Crippen molar-refractivity contribution in [1.29, 1.82) is 0 Å². The van der Waals surface area contributed by atoms with Crippen LogP contribution in [0.4, 0.5) is 5.69 Å². The molecule has 1 aromatic carbocycles. The third kappa shape index (κ3) is 3.15. The molecule has 100 valence electrons. The Bertz CT molecular complexity index is 672. The first-order chi connectivity index (χ1) is 9.03. The Morgan fingerprint density at radius 3 is 2.47 bits per heavy atom. The van der Waals surface area contributed by atoms with Gasteiger partial charge in [-0.15, -0.1) is 0 Å². The highest BCUT2D eigenvalue weighted by Crippen LogP contribution is 2.23. The molecule has 2 aromatic rings. The average molecular weight is 299 g/mol. The van der Waals surface area contributed by atoms with Gasteiger partial charge in [0.15, 0.2) is 0 Å². The molecule has 0 bridgehead atoms. The van der Waals surface area contributed by atoms with Crippen molar-refractivity contribution in [3.05, 3.63) is 47.7 Å². The van der Waals surface area contributed by atoms with E-state index in [0.29, 0.717) is 5.75 Å². The van der Waals surface area contributed by atoms with Crippen LogP contribution in [0.2, 0.25) is 5.02 Å². The largest absolute Gasteiger partial charge is 0.497 e. The van der Waals surface area contributed by atoms with Crippen molar-refractivity contribution in [2.75, 3.05) is 11.8 Å². The summed E-state index contributed by atoms with van der Waals surface area (Å²) in [5.74, 6) is 0.582. The van der Waals surface area contributed by atoms with Gasteiger partial charge in [0.25, 0.3) is 10.0 Å². The number of sulfonamides is 1. The summed E-state index contributed by atoms with van der Waals surface area (Å²) in [6, 6.07) is 7.54. The van der Waals surface area contributed by atoms with E-state index < -0.39 is 10.0 Å². The van der Waals surface area contributed by atoms with E-state index in [9.17, 15) is 8.42 Å². The number of aromatic nitrogens is 1. The SMILES string of the molecule is COc1ccc(S(=O)(=O)Nc2cnccc2Cl)cc1. The van der Waals surface area contributed by atoms with Crippen LogP contribution in [0, 0.1) is 0 Å². The van der Waals surface area contributed by atoms with Crippen LogP contribution in [-0.4, -0.2) is 20.5 Å². The van der Waals surface area contributed by atoms with Crippen LogP contribution < -0.4 is 9.46 Å². The number of hydrogen-bond donors (Lipinski definition) is 1. The summed E-state index contributed by atoms with van der Waals surface area (Å²) in [7, 11) is -2.18. The number of pyridine rings is 1. The quantitative estimate of drug-likeness (QED) is 0.942. The lowest BCUT2D eigenvalue weighted by molar-refractivity contribution is 0.414. The fraction of sp³-hybridized carbons (Fsp3) is 0.0833. The van der Waals surface area contributed by atoms with E-state index in [1.54, 1.807) is 12.1 Å². The van der Waals surface area contributed by atoms with Gasteiger partial charge in [0.05, 0.1) is 28.9 Å². The summed E-state index contributed by atoms with van der Waals surface area (Å²) >= 11 is 5.88. The normalized spacial score (nSPS) is 11.1. The summed E-state index contributed by atoms with van der Waals surface area (Å²) in [5, 5.41) is 0.284. The van der Waals surface area contributed by atoms with Crippen LogP contribution in [0.3, 0.4) is 0 Å². The van der Waals surface area contributed by atoms with Crippen molar-refractivity contribution >= 4 is 27.3 Å². The second-order valence-electron chi connectivity index (χ2n) is 3.64. The highest BCUT2D eigenvalue weighted by atomic mass is 35.5. The summed E-state index contributed by atoms with van der Waals surface area (Å²) < 4.78 is 31.6. The first-order valence-corrected chi connectivity index (χ1v) is 7.15. The number of benzene rings is 1. The number of hydrogen-bond acceptors (Lipinski definition) is 4. The van der Waals surface area contributed by atoms with E-state index in [1.165, 1.54) is 37.7 Å². The molecule has 0 amide bonds. The fourth-order valence-corrected chi connectivity index (χ4v) is 2.68. The van der Waals surface area contributed by atoms with Crippen molar-refractivity contribution in [3.63, 3.8) is 0 Å². The minimum Gasteiger partial charge on any atom is -0.497 e. The monoisotopic (exact) mass is 298 g/mol. The maximum Gasteiger partial charge on any atom is 0.261 e. The van der Waals surface area contributed by atoms with Gasteiger partial charge in [0, 0.05) is 6.20 Å². The fourth-order valence-electron chi connectivity index (χ4n) is 1.41. The van der Waals surface area contributed by atoms with E-state index >= 15 is 0 Å². The molecule has 19 heavy (non-hydrogen) atoms. The third-order valence-corrected chi connectivity index (χ3v) is 4.09. The Morgan fingerprint density at radius 2 is 1.89 bits per heavy atom. The molecule has 0 aliphatic carbocycles. The number of ether oxygens (including phenoxy) is 1. The van der Waals surface area contributed by atoms with Gasteiger partial charge < -0.3 is 4.74 Å². The second-order valence-corrected chi connectivity index (χ2v) is 5.73. The molecular weight excluding hydrogens is 288 g/mol. The lowest BCUT2D eigenvalue weighted by Gasteiger charge is -2.09. The molecule has 0 saturated heterocycles. The molecule has 0 spiro atoms. The van der Waals surface area contributed by atoms with E-state index in [1.807, 2.05) is 0 Å². The van der Waals surface area contributed by atoms with E-state index in [-0.39, 0.29) is 15.6 Å². The molecule has 0 unspecified atom stereocenters. The van der Waals surface area contributed by atoms with Crippen LogP contribution in [-0.2, 0) is 10.0 Å². The number of halogens is 1. The number of nitrogens with zero attached hydrogens (tertiary/aromatic N) is 1. The van der Waals surface area contributed by atoms with Gasteiger partial charge in [-0.3, -0.25) is 9.71 Å². The summed E-state index contributed by atoms with van der Waals surface area (Å²) in [4.78, 5) is 3.94. The molecule has 5 nitrogen and oxygen atoms in total. The van der Waals surface area contributed by atoms with Gasteiger partial charge in [-0.2, -0.15) is 0 Å². The summed E-state index contributed by atoms with van der Waals surface area (Å²) in [6.45, 7) is 0. The molecule has 7 heteroatoms. The van der Waals surface area contributed by atoms with Crippen molar-refractivity contribution in [1.82, 2.24) is 4.98 Å². The lowest BCUT2D eigenvalue weighted by Crippen LogP contribution is -2.13. The van der Waals surface area contributed by atoms with Crippen molar-refractivity contribution in [2.24, 2.45) is 0 Å². The van der Waals surface area contributed by atoms with Crippen LogP contribution in [0.1, 0.15) is 0 Å². The van der Waals surface area contributed by atoms with Crippen LogP contribution >= 0.6 is 11.6 Å². The zero-order valence-electron chi connectivity index (χ0n) is 10.00. The summed E-state index contributed by atoms with van der Waals surface area (Å²) in [5.41, 5.74) is 0.236. The highest BCUT2D eigenvalue weighted by Gasteiger charge is 2.15. The van der Waals surface area contributed by atoms with Gasteiger partial charge in [-0.05, 0) is 30.3 Å². The highest BCUT2D eigenvalue weighted by molar-refractivity contribution is 7.92. The molecule has 1 aromatic heterocycles. The lowest BCUT2D eigenvalue weighted by atomic mass is 10.3. The van der Waals surface area contributed by atoms with Gasteiger partial charge in [0.2, 0.25) is 0 Å². The first kappa shape index (κ1) is 13.6. The Morgan fingerprint density at radius 1 is 1.21 bits per heavy atom. The molecule has 0 aliphatic heterocycles. The number of rotatable bonds is 4. The van der Waals surface area contributed by atoms with Crippen molar-refractivity contribution in [2.45, 2.75) is 4.90 Å². The van der Waals surface area contributed by atoms with Gasteiger partial charge in [-0.1, -0.05) is 11.6 Å². The van der Waals surface area contributed by atoms with Gasteiger partial charge >= 0.3 is 0 Å². The maximum absolute atomic E-state index is 12.1. The Hall–Kier alpha value is -1.79. The molecule has 0 radical (unpaired) electrons. The molecular formula is C12H11ClN2O3S. The predicted molar refractivity (Wildman–Crippen MR) is 73.0 cm³/mol. The van der Waals surface area contributed by atoms with Gasteiger partial charge in [0.1, 0.15) is 5.75 Å². The maximum atomic E-state index is 12.1. The standard InChI is InChI=1S/C12H11ClN2O3S/c1-18-9-2-4-10(5-3-9)19(16,17)15-12-8-14-7-6-11(12)13/h2-8,15H,1H3. The van der Waals surface area contributed by atoms with Crippen molar-refractivity contribution < 1.29 is 13.2 Å². The topological polar surface area (TPSA) is 68.3 Å². The Kier molecular flexibility index (Phi) is 3.92.